The number of hydrogen-bond acceptors (Lipinski definition) is 6. The number of esters is 1. The number of nitrogens with one attached hydrogen (secondary N) is 1. The fourth-order valence-electron chi connectivity index (χ4n) is 6.84. The van der Waals surface area contributed by atoms with Crippen LogP contribution in [0.3, 0.4) is 0 Å². The number of aromatic nitrogens is 1. The summed E-state index contributed by atoms with van der Waals surface area (Å²) in [5.41, 5.74) is -0.0729. The molecule has 5 aliphatic rings. The van der Waals surface area contributed by atoms with Crippen LogP contribution in [0.5, 0.6) is 0 Å². The second-order valence-electron chi connectivity index (χ2n) is 10.1. The molecule has 6 rings (SSSR count). The molecule has 8 nitrogen and oxygen atoms in total. The van der Waals surface area contributed by atoms with Crippen molar-refractivity contribution in [1.82, 2.24) is 9.88 Å². The van der Waals surface area contributed by atoms with Crippen molar-refractivity contribution < 1.29 is 24.2 Å². The molecule has 9 heteroatoms. The van der Waals surface area contributed by atoms with E-state index in [9.17, 15) is 19.5 Å². The third-order valence-corrected chi connectivity index (χ3v) is 7.98. The van der Waals surface area contributed by atoms with Gasteiger partial charge in [-0.2, -0.15) is 0 Å². The highest BCUT2D eigenvalue weighted by atomic mass is 35.5. The van der Waals surface area contributed by atoms with E-state index in [1.807, 2.05) is 0 Å². The van der Waals surface area contributed by atoms with E-state index in [1.165, 1.54) is 30.4 Å². The maximum absolute atomic E-state index is 13.7. The van der Waals surface area contributed by atoms with Crippen molar-refractivity contribution in [2.24, 2.45) is 23.2 Å². The molecule has 4 bridgehead atoms. The maximum Gasteiger partial charge on any atom is 0.329 e. The van der Waals surface area contributed by atoms with E-state index in [2.05, 4.69) is 10.3 Å². The zero-order valence-corrected chi connectivity index (χ0v) is 18.6. The van der Waals surface area contributed by atoms with Gasteiger partial charge in [-0.15, -0.1) is 0 Å². The summed E-state index contributed by atoms with van der Waals surface area (Å²) in [6.07, 6.45) is 7.19. The molecular formula is C23H28ClN3O5. The first kappa shape index (κ1) is 21.6. The third-order valence-electron chi connectivity index (χ3n) is 7.68. The Bertz CT molecular complexity index is 903. The predicted octanol–water partition coefficient (Wildman–Crippen LogP) is 2.39. The number of hydrogen-bond donors (Lipinski definition) is 2. The molecule has 0 spiro atoms. The molecule has 1 unspecified atom stereocenters. The number of halogens is 1. The van der Waals surface area contributed by atoms with Crippen LogP contribution in [0, 0.1) is 23.2 Å². The smallest absolute Gasteiger partial charge is 0.329 e. The van der Waals surface area contributed by atoms with Gasteiger partial charge in [0.25, 0.3) is 5.91 Å². The first-order chi connectivity index (χ1) is 15.3. The summed E-state index contributed by atoms with van der Waals surface area (Å²) in [6.45, 7) is -0.367. The number of nitrogens with zero attached hydrogens (tertiary/aromatic N) is 2. The summed E-state index contributed by atoms with van der Waals surface area (Å²) < 4.78 is 5.23. The van der Waals surface area contributed by atoms with Crippen molar-refractivity contribution in [1.29, 1.82) is 0 Å². The van der Waals surface area contributed by atoms with Crippen LogP contribution in [-0.2, 0) is 19.1 Å². The van der Waals surface area contributed by atoms with Crippen molar-refractivity contribution >= 4 is 35.1 Å². The van der Waals surface area contributed by atoms with E-state index in [4.69, 9.17) is 16.3 Å². The Hall–Kier alpha value is -2.19. The van der Waals surface area contributed by atoms with Gasteiger partial charge in [-0.25, -0.2) is 9.78 Å². The van der Waals surface area contributed by atoms with E-state index in [-0.39, 0.29) is 24.0 Å². The monoisotopic (exact) mass is 461 g/mol. The summed E-state index contributed by atoms with van der Waals surface area (Å²) in [5, 5.41) is 12.9. The van der Waals surface area contributed by atoms with Gasteiger partial charge in [0.1, 0.15) is 6.04 Å². The van der Waals surface area contributed by atoms with Crippen LogP contribution in [0.25, 0.3) is 0 Å². The number of rotatable bonds is 5. The molecule has 1 aromatic heterocycles. The highest BCUT2D eigenvalue weighted by Crippen LogP contribution is 2.60. The van der Waals surface area contributed by atoms with Gasteiger partial charge < -0.3 is 20.1 Å². The first-order valence-corrected chi connectivity index (χ1v) is 11.8. The highest BCUT2D eigenvalue weighted by Gasteiger charge is 2.57. The van der Waals surface area contributed by atoms with Crippen LogP contribution in [0.1, 0.15) is 44.9 Å². The van der Waals surface area contributed by atoms with Crippen molar-refractivity contribution in [3.05, 3.63) is 23.5 Å². The summed E-state index contributed by atoms with van der Waals surface area (Å²) >= 11 is 5.93. The average Bonchev–Trinajstić information content (AvgIpc) is 3.14. The van der Waals surface area contributed by atoms with Gasteiger partial charge >= 0.3 is 5.97 Å². The largest absolute Gasteiger partial charge is 0.454 e. The minimum Gasteiger partial charge on any atom is -0.454 e. The molecule has 32 heavy (non-hydrogen) atoms. The van der Waals surface area contributed by atoms with Gasteiger partial charge in [-0.1, -0.05) is 11.6 Å². The van der Waals surface area contributed by atoms with Crippen molar-refractivity contribution in [2.75, 3.05) is 18.5 Å². The molecule has 4 aliphatic carbocycles. The summed E-state index contributed by atoms with van der Waals surface area (Å²) in [4.78, 5) is 44.1. The Morgan fingerprint density at radius 2 is 1.81 bits per heavy atom. The van der Waals surface area contributed by atoms with Gasteiger partial charge in [0.15, 0.2) is 11.8 Å². The van der Waals surface area contributed by atoms with Crippen molar-refractivity contribution in [3.8, 4) is 0 Å². The van der Waals surface area contributed by atoms with Gasteiger partial charge in [0.2, 0.25) is 5.91 Å². The van der Waals surface area contributed by atoms with Gasteiger partial charge in [0, 0.05) is 19.2 Å². The Balaban J connectivity index is 1.23. The molecule has 0 radical (unpaired) electrons. The van der Waals surface area contributed by atoms with Crippen LogP contribution in [-0.4, -0.2) is 58.1 Å². The second-order valence-corrected chi connectivity index (χ2v) is 10.4. The zero-order valence-electron chi connectivity index (χ0n) is 17.8. The van der Waals surface area contributed by atoms with E-state index in [0.717, 1.165) is 19.3 Å². The molecule has 2 atom stereocenters. The van der Waals surface area contributed by atoms with E-state index >= 15 is 0 Å². The normalized spacial score (nSPS) is 35.1. The number of aliphatic hydroxyl groups is 1. The Morgan fingerprint density at radius 3 is 2.44 bits per heavy atom. The lowest BCUT2D eigenvalue weighted by molar-refractivity contribution is -0.166. The maximum atomic E-state index is 13.7. The minimum absolute atomic E-state index is 0.0123. The summed E-state index contributed by atoms with van der Waals surface area (Å²) in [6, 6.07) is 2.36. The van der Waals surface area contributed by atoms with Gasteiger partial charge in [0.05, 0.1) is 17.2 Å². The zero-order chi connectivity index (χ0) is 22.5. The fraction of sp³-hybridized carbons (Fsp3) is 0.652. The average molecular weight is 462 g/mol. The Kier molecular flexibility index (Phi) is 5.61. The molecule has 172 valence electrons. The molecule has 1 aromatic rings. The molecule has 2 N–H and O–H groups in total. The number of pyridine rings is 1. The molecule has 2 amide bonds. The quantitative estimate of drug-likeness (QED) is 0.514. The van der Waals surface area contributed by atoms with E-state index < -0.39 is 36.0 Å². The number of β-amino-alcohol motifs (C(OH)–C–C–N with tert-alkyl or cyclic N) is 1. The summed E-state index contributed by atoms with van der Waals surface area (Å²) in [5.74, 6) is 0.586. The van der Waals surface area contributed by atoms with Crippen LogP contribution < -0.4 is 5.32 Å². The van der Waals surface area contributed by atoms with Crippen LogP contribution in [0.2, 0.25) is 5.15 Å². The van der Waals surface area contributed by atoms with Crippen LogP contribution in [0.15, 0.2) is 18.3 Å². The van der Waals surface area contributed by atoms with Crippen molar-refractivity contribution in [3.63, 3.8) is 0 Å². The second kappa shape index (κ2) is 8.30. The van der Waals surface area contributed by atoms with Crippen molar-refractivity contribution in [2.45, 2.75) is 57.1 Å². The molecule has 0 aromatic carbocycles. The van der Waals surface area contributed by atoms with E-state index in [1.54, 1.807) is 12.1 Å². The molecule has 1 saturated heterocycles. The molecular weight excluding hydrogens is 434 g/mol. The first-order valence-electron chi connectivity index (χ1n) is 11.4. The number of anilines is 1. The number of amides is 2. The van der Waals surface area contributed by atoms with Crippen LogP contribution in [0.4, 0.5) is 5.69 Å². The Morgan fingerprint density at radius 1 is 1.16 bits per heavy atom. The SMILES string of the molecule is O=C(COC(=O)[C@@H]1CC(O)CN1C(=O)C12CC3CC(CC(C3)C1)C2)Nc1cccnc1Cl. The minimum atomic E-state index is -0.861. The number of carbonyl (C=O) groups excluding carboxylic acids is 3. The molecule has 5 fully saturated rings. The lowest BCUT2D eigenvalue weighted by atomic mass is 9.49. The lowest BCUT2D eigenvalue weighted by Crippen LogP contribution is -2.56. The number of aliphatic hydroxyl groups excluding tert-OH is 1. The lowest BCUT2D eigenvalue weighted by Gasteiger charge is -2.56. The highest BCUT2D eigenvalue weighted by molar-refractivity contribution is 6.32. The van der Waals surface area contributed by atoms with Gasteiger partial charge in [-0.3, -0.25) is 9.59 Å². The number of ether oxygens (including phenoxy) is 1. The number of carbonyl (C=O) groups is 3. The molecule has 1 aliphatic heterocycles. The third kappa shape index (κ3) is 3.99. The fourth-order valence-corrected chi connectivity index (χ4v) is 7.00. The van der Waals surface area contributed by atoms with Gasteiger partial charge in [-0.05, 0) is 68.4 Å². The van der Waals surface area contributed by atoms with Crippen LogP contribution >= 0.6 is 11.6 Å². The number of likely N-dealkylation sites (tertiary alicyclic amines) is 1. The predicted molar refractivity (Wildman–Crippen MR) is 116 cm³/mol. The van der Waals surface area contributed by atoms with E-state index in [0.29, 0.717) is 23.4 Å². The molecule has 4 saturated carbocycles. The Labute approximate surface area is 191 Å². The molecule has 2 heterocycles. The summed E-state index contributed by atoms with van der Waals surface area (Å²) in [7, 11) is 0. The topological polar surface area (TPSA) is 109 Å². The standard InChI is InChI=1S/C23H28ClN3O5/c24-20-17(2-1-3-25-20)26-19(29)12-32-21(30)18-7-16(28)11-27(18)22(31)23-8-13-4-14(9-23)6-15(5-13)10-23/h1-3,13-16,18,28H,4-12H2,(H,26,29)/t13?,14?,15?,16?,18-,23?/m0/s1.